The molecule has 0 radical (unpaired) electrons. The van der Waals surface area contributed by atoms with Crippen molar-refractivity contribution in [1.29, 1.82) is 0 Å². The van der Waals surface area contributed by atoms with Gasteiger partial charge in [0.2, 0.25) is 5.91 Å². The molecule has 0 aromatic heterocycles. The van der Waals surface area contributed by atoms with Crippen LogP contribution in [0.1, 0.15) is 35.7 Å². The highest BCUT2D eigenvalue weighted by Gasteiger charge is 2.36. The van der Waals surface area contributed by atoms with Crippen LogP contribution in [-0.2, 0) is 15.1 Å². The minimum Gasteiger partial charge on any atom is -0.479 e. The SMILES string of the molecule is CC(NC(=O)CCC(=O)c1ccccc1)(C(=O)O)c1ccccc1. The molecule has 2 aromatic rings. The zero-order chi connectivity index (χ0) is 17.6. The van der Waals surface area contributed by atoms with Crippen molar-refractivity contribution in [2.75, 3.05) is 0 Å². The molecule has 2 rings (SSSR count). The molecule has 1 atom stereocenters. The van der Waals surface area contributed by atoms with E-state index in [9.17, 15) is 19.5 Å². The monoisotopic (exact) mass is 325 g/mol. The van der Waals surface area contributed by atoms with E-state index in [1.165, 1.54) is 6.92 Å². The smallest absolute Gasteiger partial charge is 0.333 e. The van der Waals surface area contributed by atoms with Crippen LogP contribution in [-0.4, -0.2) is 22.8 Å². The average Bonchev–Trinajstić information content (AvgIpc) is 2.61. The Hall–Kier alpha value is -2.95. The number of ketones is 1. The molecule has 0 saturated heterocycles. The largest absolute Gasteiger partial charge is 0.479 e. The fourth-order valence-electron chi connectivity index (χ4n) is 2.36. The lowest BCUT2D eigenvalue weighted by Gasteiger charge is -2.26. The molecule has 2 aromatic carbocycles. The molecule has 0 bridgehead atoms. The standard InChI is InChI=1S/C19H19NO4/c1-19(18(23)24,15-10-6-3-7-11-15)20-17(22)13-12-16(21)14-8-4-2-5-9-14/h2-11H,12-13H2,1H3,(H,20,22)(H,23,24). The molecule has 24 heavy (non-hydrogen) atoms. The Morgan fingerprint density at radius 2 is 1.46 bits per heavy atom. The summed E-state index contributed by atoms with van der Waals surface area (Å²) in [6.45, 7) is 1.43. The van der Waals surface area contributed by atoms with E-state index in [0.717, 1.165) is 0 Å². The molecule has 1 amide bonds. The molecule has 124 valence electrons. The molecule has 0 heterocycles. The molecule has 5 heteroatoms. The summed E-state index contributed by atoms with van der Waals surface area (Å²) in [5.74, 6) is -1.79. The Morgan fingerprint density at radius 3 is 2.00 bits per heavy atom. The van der Waals surface area contributed by atoms with Crippen LogP contribution in [0.5, 0.6) is 0 Å². The molecule has 0 fully saturated rings. The number of carboxylic acids is 1. The molecular formula is C19H19NO4. The zero-order valence-corrected chi connectivity index (χ0v) is 13.4. The fourth-order valence-corrected chi connectivity index (χ4v) is 2.36. The average molecular weight is 325 g/mol. The van der Waals surface area contributed by atoms with Gasteiger partial charge < -0.3 is 10.4 Å². The van der Waals surface area contributed by atoms with Gasteiger partial charge in [-0.15, -0.1) is 0 Å². The number of carbonyl (C=O) groups is 3. The topological polar surface area (TPSA) is 83.5 Å². The van der Waals surface area contributed by atoms with Gasteiger partial charge in [-0.05, 0) is 12.5 Å². The van der Waals surface area contributed by atoms with Crippen molar-refractivity contribution in [3.05, 3.63) is 71.8 Å². The number of rotatable bonds is 7. The van der Waals surface area contributed by atoms with E-state index in [-0.39, 0.29) is 18.6 Å². The van der Waals surface area contributed by atoms with Crippen molar-refractivity contribution >= 4 is 17.7 Å². The van der Waals surface area contributed by atoms with Crippen LogP contribution in [0.4, 0.5) is 0 Å². The van der Waals surface area contributed by atoms with Gasteiger partial charge in [0.1, 0.15) is 0 Å². The second kappa shape index (κ2) is 7.55. The van der Waals surface area contributed by atoms with Gasteiger partial charge in [-0.2, -0.15) is 0 Å². The van der Waals surface area contributed by atoms with E-state index in [4.69, 9.17) is 0 Å². The van der Waals surface area contributed by atoms with Gasteiger partial charge in [0.05, 0.1) is 0 Å². The normalized spacial score (nSPS) is 12.9. The van der Waals surface area contributed by atoms with Crippen LogP contribution in [0.2, 0.25) is 0 Å². The predicted octanol–water partition coefficient (Wildman–Crippen LogP) is 2.77. The van der Waals surface area contributed by atoms with Gasteiger partial charge in [0.25, 0.3) is 0 Å². The van der Waals surface area contributed by atoms with Gasteiger partial charge in [0, 0.05) is 18.4 Å². The van der Waals surface area contributed by atoms with Crippen molar-refractivity contribution in [2.45, 2.75) is 25.3 Å². The van der Waals surface area contributed by atoms with E-state index < -0.39 is 17.4 Å². The molecule has 0 aliphatic carbocycles. The number of nitrogens with one attached hydrogen (secondary N) is 1. The molecule has 0 aliphatic heterocycles. The molecule has 0 aliphatic rings. The summed E-state index contributed by atoms with van der Waals surface area (Å²) in [5, 5.41) is 12.0. The summed E-state index contributed by atoms with van der Waals surface area (Å²) in [5.41, 5.74) is -0.525. The summed E-state index contributed by atoms with van der Waals surface area (Å²) in [6.07, 6.45) is -0.0379. The Morgan fingerprint density at radius 1 is 0.917 bits per heavy atom. The molecule has 0 saturated carbocycles. The van der Waals surface area contributed by atoms with Crippen molar-refractivity contribution in [3.63, 3.8) is 0 Å². The molecule has 2 N–H and O–H groups in total. The highest BCUT2D eigenvalue weighted by Crippen LogP contribution is 2.21. The minimum absolute atomic E-state index is 0.0281. The second-order valence-electron chi connectivity index (χ2n) is 5.63. The van der Waals surface area contributed by atoms with E-state index >= 15 is 0 Å². The maximum Gasteiger partial charge on any atom is 0.333 e. The summed E-state index contributed by atoms with van der Waals surface area (Å²) < 4.78 is 0. The minimum atomic E-state index is -1.53. The first kappa shape index (κ1) is 17.4. The number of carbonyl (C=O) groups excluding carboxylic acids is 2. The number of amides is 1. The van der Waals surface area contributed by atoms with E-state index in [1.54, 1.807) is 54.6 Å². The van der Waals surface area contributed by atoms with Crippen molar-refractivity contribution < 1.29 is 19.5 Å². The first-order valence-corrected chi connectivity index (χ1v) is 7.61. The highest BCUT2D eigenvalue weighted by molar-refractivity contribution is 5.98. The summed E-state index contributed by atoms with van der Waals surface area (Å²) >= 11 is 0. The third kappa shape index (κ3) is 4.07. The lowest BCUT2D eigenvalue weighted by Crippen LogP contribution is -2.49. The van der Waals surface area contributed by atoms with Crippen LogP contribution in [0, 0.1) is 0 Å². The van der Waals surface area contributed by atoms with Gasteiger partial charge in [-0.1, -0.05) is 60.7 Å². The maximum absolute atomic E-state index is 12.1. The van der Waals surface area contributed by atoms with Gasteiger partial charge in [0.15, 0.2) is 11.3 Å². The Balaban J connectivity index is 2.02. The number of carboxylic acid groups (broad SMARTS) is 1. The molecule has 0 spiro atoms. The third-order valence-corrected chi connectivity index (χ3v) is 3.84. The third-order valence-electron chi connectivity index (χ3n) is 3.84. The van der Waals surface area contributed by atoms with Crippen LogP contribution in [0.25, 0.3) is 0 Å². The zero-order valence-electron chi connectivity index (χ0n) is 13.4. The van der Waals surface area contributed by atoms with E-state index in [0.29, 0.717) is 11.1 Å². The van der Waals surface area contributed by atoms with E-state index in [1.807, 2.05) is 6.07 Å². The van der Waals surface area contributed by atoms with Crippen LogP contribution in [0.3, 0.4) is 0 Å². The molecule has 1 unspecified atom stereocenters. The predicted molar refractivity (Wildman–Crippen MR) is 89.6 cm³/mol. The molecule has 5 nitrogen and oxygen atoms in total. The van der Waals surface area contributed by atoms with Crippen LogP contribution < -0.4 is 5.32 Å². The van der Waals surface area contributed by atoms with Crippen molar-refractivity contribution in [3.8, 4) is 0 Å². The van der Waals surface area contributed by atoms with Gasteiger partial charge >= 0.3 is 5.97 Å². The number of hydrogen-bond acceptors (Lipinski definition) is 3. The number of hydrogen-bond donors (Lipinski definition) is 2. The van der Waals surface area contributed by atoms with Crippen molar-refractivity contribution in [2.24, 2.45) is 0 Å². The Labute approximate surface area is 140 Å². The Bertz CT molecular complexity index is 728. The summed E-state index contributed by atoms with van der Waals surface area (Å²) in [7, 11) is 0. The maximum atomic E-state index is 12.1. The lowest BCUT2D eigenvalue weighted by molar-refractivity contribution is -0.147. The van der Waals surface area contributed by atoms with Crippen LogP contribution >= 0.6 is 0 Å². The summed E-state index contributed by atoms with van der Waals surface area (Å²) in [6, 6.07) is 17.2. The van der Waals surface area contributed by atoms with Crippen molar-refractivity contribution in [1.82, 2.24) is 5.32 Å². The quantitative estimate of drug-likeness (QED) is 0.767. The first-order valence-electron chi connectivity index (χ1n) is 7.61. The lowest BCUT2D eigenvalue weighted by atomic mass is 9.91. The van der Waals surface area contributed by atoms with Crippen LogP contribution in [0.15, 0.2) is 60.7 Å². The second-order valence-corrected chi connectivity index (χ2v) is 5.63. The fraction of sp³-hybridized carbons (Fsp3) is 0.211. The summed E-state index contributed by atoms with van der Waals surface area (Å²) in [4.78, 5) is 35.8. The first-order chi connectivity index (χ1) is 11.4. The molecular weight excluding hydrogens is 306 g/mol. The van der Waals surface area contributed by atoms with Gasteiger partial charge in [-0.3, -0.25) is 9.59 Å². The van der Waals surface area contributed by atoms with E-state index in [2.05, 4.69) is 5.32 Å². The number of aliphatic carboxylic acids is 1. The number of benzene rings is 2. The Kier molecular flexibility index (Phi) is 5.47. The van der Waals surface area contributed by atoms with Gasteiger partial charge in [-0.25, -0.2) is 4.79 Å². The number of Topliss-reactive ketones (excluding diaryl/α,β-unsaturated/α-hetero) is 1. The highest BCUT2D eigenvalue weighted by atomic mass is 16.4.